The Labute approximate surface area is 123 Å². The summed E-state index contributed by atoms with van der Waals surface area (Å²) in [5.41, 5.74) is 1.06. The maximum Gasteiger partial charge on any atom is 0.155 e. The normalized spacial score (nSPS) is 10.3. The molecule has 0 heterocycles. The molecular weight excluding hydrogens is 363 g/mol. The van der Waals surface area contributed by atoms with Crippen molar-refractivity contribution in [3.05, 3.63) is 56.7 Å². The summed E-state index contributed by atoms with van der Waals surface area (Å²) < 4.78 is 28.0. The van der Waals surface area contributed by atoms with Crippen LogP contribution in [-0.4, -0.2) is 6.29 Å². The van der Waals surface area contributed by atoms with Gasteiger partial charge in [0.15, 0.2) is 6.29 Å². The molecule has 0 aliphatic carbocycles. The minimum absolute atomic E-state index is 0.0991. The van der Waals surface area contributed by atoms with Crippen LogP contribution in [0.5, 0.6) is 0 Å². The van der Waals surface area contributed by atoms with Crippen LogP contribution in [0.2, 0.25) is 0 Å². The van der Waals surface area contributed by atoms with Crippen LogP contribution in [0.1, 0.15) is 15.9 Å². The molecule has 98 valence electrons. The summed E-state index contributed by atoms with van der Waals surface area (Å²) in [6.45, 7) is 1.72. The molecule has 0 aliphatic heterocycles. The molecule has 2 aromatic rings. The molecule has 1 N–H and O–H groups in total. The van der Waals surface area contributed by atoms with Crippen LogP contribution in [0.3, 0.4) is 0 Å². The number of rotatable bonds is 3. The number of halogens is 3. The van der Waals surface area contributed by atoms with E-state index in [0.717, 1.165) is 3.57 Å². The van der Waals surface area contributed by atoms with Crippen molar-refractivity contribution in [1.82, 2.24) is 0 Å². The number of hydrogen-bond acceptors (Lipinski definition) is 2. The monoisotopic (exact) mass is 373 g/mol. The Hall–Kier alpha value is -1.50. The molecule has 2 rings (SSSR count). The molecule has 5 heteroatoms. The summed E-state index contributed by atoms with van der Waals surface area (Å²) in [5, 5.41) is 2.78. The maximum atomic E-state index is 13.8. The Morgan fingerprint density at radius 1 is 1.16 bits per heavy atom. The third kappa shape index (κ3) is 2.91. The number of anilines is 2. The quantitative estimate of drug-likeness (QED) is 0.637. The van der Waals surface area contributed by atoms with Crippen molar-refractivity contribution in [3.8, 4) is 0 Å². The van der Waals surface area contributed by atoms with Crippen LogP contribution < -0.4 is 5.32 Å². The smallest absolute Gasteiger partial charge is 0.155 e. The molecule has 0 unspecified atom stereocenters. The zero-order valence-corrected chi connectivity index (χ0v) is 12.2. The summed E-state index contributed by atoms with van der Waals surface area (Å²) in [7, 11) is 0. The third-order valence-electron chi connectivity index (χ3n) is 2.71. The first-order valence-electron chi connectivity index (χ1n) is 5.49. The average molecular weight is 373 g/mol. The highest BCUT2D eigenvalue weighted by atomic mass is 127. The minimum atomic E-state index is -0.631. The van der Waals surface area contributed by atoms with Crippen molar-refractivity contribution < 1.29 is 13.6 Å². The predicted molar refractivity (Wildman–Crippen MR) is 78.9 cm³/mol. The zero-order valence-electron chi connectivity index (χ0n) is 10.0. The molecule has 2 nitrogen and oxygen atoms in total. The van der Waals surface area contributed by atoms with Gasteiger partial charge in [0.1, 0.15) is 11.6 Å². The first-order chi connectivity index (χ1) is 9.02. The largest absolute Gasteiger partial charge is 0.352 e. The van der Waals surface area contributed by atoms with Gasteiger partial charge in [0.2, 0.25) is 0 Å². The number of carbonyl (C=O) groups is 1. The van der Waals surface area contributed by atoms with Gasteiger partial charge in [-0.2, -0.15) is 0 Å². The number of nitrogens with one attached hydrogen (secondary N) is 1. The second-order valence-corrected chi connectivity index (χ2v) is 5.27. The molecule has 0 bridgehead atoms. The van der Waals surface area contributed by atoms with E-state index in [1.54, 1.807) is 19.1 Å². The number of benzene rings is 2. The van der Waals surface area contributed by atoms with Crippen LogP contribution in [0, 0.1) is 22.1 Å². The second-order valence-electron chi connectivity index (χ2n) is 4.02. The fourth-order valence-electron chi connectivity index (χ4n) is 1.71. The fraction of sp³-hybridized carbons (Fsp3) is 0.0714. The molecule has 0 spiro atoms. The van der Waals surface area contributed by atoms with E-state index >= 15 is 0 Å². The van der Waals surface area contributed by atoms with Gasteiger partial charge < -0.3 is 5.32 Å². The number of hydrogen-bond donors (Lipinski definition) is 1. The topological polar surface area (TPSA) is 29.1 Å². The molecule has 0 aromatic heterocycles. The van der Waals surface area contributed by atoms with Gasteiger partial charge in [-0.25, -0.2) is 8.78 Å². The van der Waals surface area contributed by atoms with E-state index in [1.165, 1.54) is 18.2 Å². The van der Waals surface area contributed by atoms with Gasteiger partial charge in [0.25, 0.3) is 0 Å². The molecular formula is C14H10F2INO. The first-order valence-corrected chi connectivity index (χ1v) is 6.57. The second kappa shape index (κ2) is 5.64. The highest BCUT2D eigenvalue weighted by molar-refractivity contribution is 14.1. The zero-order chi connectivity index (χ0) is 14.0. The Morgan fingerprint density at radius 2 is 1.89 bits per heavy atom. The van der Waals surface area contributed by atoms with Gasteiger partial charge in [0, 0.05) is 3.57 Å². The van der Waals surface area contributed by atoms with Gasteiger partial charge in [-0.15, -0.1) is 0 Å². The number of carbonyl (C=O) groups excluding carboxylic acids is 1. The molecule has 0 saturated carbocycles. The van der Waals surface area contributed by atoms with Gasteiger partial charge in [0.05, 0.1) is 16.9 Å². The lowest BCUT2D eigenvalue weighted by molar-refractivity contribution is 0.112. The van der Waals surface area contributed by atoms with Crippen LogP contribution in [0.4, 0.5) is 20.2 Å². The van der Waals surface area contributed by atoms with Crippen molar-refractivity contribution in [3.63, 3.8) is 0 Å². The van der Waals surface area contributed by atoms with Gasteiger partial charge >= 0.3 is 0 Å². The summed E-state index contributed by atoms with van der Waals surface area (Å²) >= 11 is 2.00. The molecule has 0 fully saturated rings. The third-order valence-corrected chi connectivity index (χ3v) is 3.38. The highest BCUT2D eigenvalue weighted by Crippen LogP contribution is 2.28. The predicted octanol–water partition coefficient (Wildman–Crippen LogP) is 4.43. The van der Waals surface area contributed by atoms with Crippen LogP contribution in [0.15, 0.2) is 30.3 Å². The van der Waals surface area contributed by atoms with Crippen LogP contribution >= 0.6 is 22.6 Å². The van der Waals surface area contributed by atoms with Crippen molar-refractivity contribution in [2.75, 3.05) is 5.32 Å². The molecule has 2 aromatic carbocycles. The minimum Gasteiger partial charge on any atom is -0.352 e. The van der Waals surface area contributed by atoms with Gasteiger partial charge in [-0.05, 0) is 59.3 Å². The maximum absolute atomic E-state index is 13.8. The lowest BCUT2D eigenvalue weighted by atomic mass is 10.1. The molecule has 19 heavy (non-hydrogen) atoms. The van der Waals surface area contributed by atoms with Crippen LogP contribution in [-0.2, 0) is 0 Å². The van der Waals surface area contributed by atoms with Gasteiger partial charge in [-0.3, -0.25) is 4.79 Å². The SMILES string of the molecule is Cc1ccc(F)c(C=O)c1Nc1ccc(I)cc1F. The van der Waals surface area contributed by atoms with Crippen LogP contribution in [0.25, 0.3) is 0 Å². The molecule has 0 atom stereocenters. The summed E-state index contributed by atoms with van der Waals surface area (Å²) in [6.07, 6.45) is 0.426. The van der Waals surface area contributed by atoms with Gasteiger partial charge in [-0.1, -0.05) is 6.07 Å². The molecule has 0 saturated heterocycles. The van der Waals surface area contributed by atoms with Crippen molar-refractivity contribution in [2.24, 2.45) is 0 Å². The first kappa shape index (κ1) is 13.9. The van der Waals surface area contributed by atoms with E-state index in [-0.39, 0.29) is 16.9 Å². The van der Waals surface area contributed by atoms with Crippen molar-refractivity contribution in [2.45, 2.75) is 6.92 Å². The van der Waals surface area contributed by atoms with Crippen molar-refractivity contribution >= 4 is 40.3 Å². The van der Waals surface area contributed by atoms with E-state index in [9.17, 15) is 13.6 Å². The Bertz CT molecular complexity index is 644. The van der Waals surface area contributed by atoms with E-state index in [2.05, 4.69) is 5.32 Å². The lowest BCUT2D eigenvalue weighted by Gasteiger charge is -2.13. The van der Waals surface area contributed by atoms with E-state index in [4.69, 9.17) is 0 Å². The molecule has 0 radical (unpaired) electrons. The number of aldehydes is 1. The van der Waals surface area contributed by atoms with E-state index in [0.29, 0.717) is 11.8 Å². The Balaban J connectivity index is 2.48. The van der Waals surface area contributed by atoms with E-state index < -0.39 is 11.6 Å². The fourth-order valence-corrected chi connectivity index (χ4v) is 2.16. The summed E-state index contributed by atoms with van der Waals surface area (Å²) in [4.78, 5) is 11.0. The summed E-state index contributed by atoms with van der Waals surface area (Å²) in [6, 6.07) is 7.39. The average Bonchev–Trinajstić information content (AvgIpc) is 2.37. The van der Waals surface area contributed by atoms with E-state index in [1.807, 2.05) is 22.6 Å². The Morgan fingerprint density at radius 3 is 2.53 bits per heavy atom. The van der Waals surface area contributed by atoms with Crippen molar-refractivity contribution in [1.29, 1.82) is 0 Å². The highest BCUT2D eigenvalue weighted by Gasteiger charge is 2.12. The summed E-state index contributed by atoms with van der Waals surface area (Å²) in [5.74, 6) is -1.08. The molecule has 0 amide bonds. The molecule has 0 aliphatic rings. The number of aryl methyl sites for hydroxylation is 1. The standard InChI is InChI=1S/C14H10F2INO/c1-8-2-4-11(15)10(7-19)14(8)18-13-5-3-9(17)6-12(13)16/h2-7,18H,1H3. The lowest BCUT2D eigenvalue weighted by Crippen LogP contribution is -2.02. The Kier molecular flexibility index (Phi) is 4.14.